The molecule has 1 aliphatic carbocycles. The maximum atomic E-state index is 12.9. The van der Waals surface area contributed by atoms with Gasteiger partial charge in [0.15, 0.2) is 0 Å². The molecule has 4 nitrogen and oxygen atoms in total. The van der Waals surface area contributed by atoms with E-state index in [1.807, 2.05) is 42.6 Å². The zero-order chi connectivity index (χ0) is 20.7. The van der Waals surface area contributed by atoms with Crippen molar-refractivity contribution in [1.29, 1.82) is 0 Å². The second-order valence-corrected chi connectivity index (χ2v) is 8.67. The molecule has 0 radical (unpaired) electrons. The van der Waals surface area contributed by atoms with Gasteiger partial charge >= 0.3 is 0 Å². The Morgan fingerprint density at radius 2 is 2.00 bits per heavy atom. The molecule has 1 saturated carbocycles. The Kier molecular flexibility index (Phi) is 4.75. The predicted molar refractivity (Wildman–Crippen MR) is 118 cm³/mol. The summed E-state index contributed by atoms with van der Waals surface area (Å²) in [5, 5.41) is 3.81. The SMILES string of the molecule is Cc1cccnc1-c1ccc2c(c1)CC(CNC(=O)C1(c3ccc(Cl)cc3)CC1)O2. The molecule has 1 amide bonds. The quantitative estimate of drug-likeness (QED) is 0.643. The van der Waals surface area contributed by atoms with Gasteiger partial charge in [0.2, 0.25) is 5.91 Å². The molecule has 0 saturated heterocycles. The van der Waals surface area contributed by atoms with Crippen LogP contribution in [0.2, 0.25) is 5.02 Å². The number of amides is 1. The topological polar surface area (TPSA) is 51.2 Å². The molecule has 2 heterocycles. The summed E-state index contributed by atoms with van der Waals surface area (Å²) in [6.45, 7) is 2.57. The number of aromatic nitrogens is 1. The molecule has 30 heavy (non-hydrogen) atoms. The van der Waals surface area contributed by atoms with Gasteiger partial charge in [-0.15, -0.1) is 0 Å². The van der Waals surface area contributed by atoms with Crippen molar-refractivity contribution in [1.82, 2.24) is 10.3 Å². The van der Waals surface area contributed by atoms with Gasteiger partial charge < -0.3 is 10.1 Å². The van der Waals surface area contributed by atoms with E-state index in [1.54, 1.807) is 0 Å². The largest absolute Gasteiger partial charge is 0.488 e. The van der Waals surface area contributed by atoms with Crippen molar-refractivity contribution in [2.24, 2.45) is 0 Å². The normalized spacial score (nSPS) is 18.4. The minimum atomic E-state index is -0.403. The Bertz CT molecular complexity index is 1110. The molecule has 1 aliphatic heterocycles. The lowest BCUT2D eigenvalue weighted by Crippen LogP contribution is -2.40. The van der Waals surface area contributed by atoms with Crippen LogP contribution in [0.3, 0.4) is 0 Å². The number of nitrogens with one attached hydrogen (secondary N) is 1. The Morgan fingerprint density at radius 3 is 2.73 bits per heavy atom. The molecule has 0 spiro atoms. The molecule has 1 N–H and O–H groups in total. The van der Waals surface area contributed by atoms with Crippen LogP contribution in [0.4, 0.5) is 0 Å². The van der Waals surface area contributed by atoms with Crippen LogP contribution in [-0.2, 0) is 16.6 Å². The van der Waals surface area contributed by atoms with Crippen LogP contribution in [-0.4, -0.2) is 23.5 Å². The molecule has 152 valence electrons. The van der Waals surface area contributed by atoms with Gasteiger partial charge in [-0.3, -0.25) is 9.78 Å². The van der Waals surface area contributed by atoms with Crippen LogP contribution in [0, 0.1) is 6.92 Å². The molecule has 2 aliphatic rings. The maximum Gasteiger partial charge on any atom is 0.230 e. The van der Waals surface area contributed by atoms with Gasteiger partial charge in [-0.25, -0.2) is 0 Å². The number of nitrogens with zero attached hydrogens (tertiary/aromatic N) is 1. The van der Waals surface area contributed by atoms with Crippen molar-refractivity contribution in [2.75, 3.05) is 6.54 Å². The van der Waals surface area contributed by atoms with E-state index in [9.17, 15) is 4.79 Å². The average Bonchev–Trinajstić information content (AvgIpc) is 3.46. The van der Waals surface area contributed by atoms with E-state index in [4.69, 9.17) is 16.3 Å². The number of fused-ring (bicyclic) bond motifs is 1. The van der Waals surface area contributed by atoms with Gasteiger partial charge in [-0.1, -0.05) is 29.8 Å². The monoisotopic (exact) mass is 418 g/mol. The summed E-state index contributed by atoms with van der Waals surface area (Å²) in [6, 6.07) is 17.8. The molecular formula is C25H23ClN2O2. The first-order valence-corrected chi connectivity index (χ1v) is 10.7. The van der Waals surface area contributed by atoms with Crippen LogP contribution in [0.1, 0.15) is 29.5 Å². The number of benzene rings is 2. The van der Waals surface area contributed by atoms with Gasteiger partial charge in [-0.05, 0) is 72.9 Å². The van der Waals surface area contributed by atoms with Crippen molar-refractivity contribution >= 4 is 17.5 Å². The predicted octanol–water partition coefficient (Wildman–Crippen LogP) is 4.86. The van der Waals surface area contributed by atoms with Crippen molar-refractivity contribution in [2.45, 2.75) is 37.7 Å². The lowest BCUT2D eigenvalue weighted by molar-refractivity contribution is -0.123. The Morgan fingerprint density at radius 1 is 1.20 bits per heavy atom. The highest BCUT2D eigenvalue weighted by molar-refractivity contribution is 6.30. The van der Waals surface area contributed by atoms with Crippen LogP contribution in [0.25, 0.3) is 11.3 Å². The Hall–Kier alpha value is -2.85. The molecule has 5 rings (SSSR count). The molecular weight excluding hydrogens is 396 g/mol. The van der Waals surface area contributed by atoms with Crippen LogP contribution in [0.15, 0.2) is 60.8 Å². The highest BCUT2D eigenvalue weighted by atomic mass is 35.5. The summed E-state index contributed by atoms with van der Waals surface area (Å²) in [4.78, 5) is 17.4. The van der Waals surface area contributed by atoms with E-state index in [0.717, 1.165) is 53.0 Å². The standard InChI is InChI=1S/C25H23ClN2O2/c1-16-3-2-12-27-23(16)17-4-9-22-18(13-17)14-21(30-22)15-28-24(29)25(10-11-25)19-5-7-20(26)8-6-19/h2-9,12-13,21H,10-11,14-15H2,1H3,(H,28,29). The minimum Gasteiger partial charge on any atom is -0.488 e. The highest BCUT2D eigenvalue weighted by Crippen LogP contribution is 2.48. The maximum absolute atomic E-state index is 12.9. The number of hydrogen-bond acceptors (Lipinski definition) is 3. The fourth-order valence-electron chi connectivity index (χ4n) is 4.29. The van der Waals surface area contributed by atoms with Crippen molar-refractivity contribution in [3.8, 4) is 17.0 Å². The summed E-state index contributed by atoms with van der Waals surface area (Å²) < 4.78 is 6.08. The highest BCUT2D eigenvalue weighted by Gasteiger charge is 2.51. The van der Waals surface area contributed by atoms with Crippen molar-refractivity contribution in [3.63, 3.8) is 0 Å². The summed E-state index contributed by atoms with van der Waals surface area (Å²) in [7, 11) is 0. The fraction of sp³-hybridized carbons (Fsp3) is 0.280. The number of hydrogen-bond donors (Lipinski definition) is 1. The van der Waals surface area contributed by atoms with E-state index in [-0.39, 0.29) is 12.0 Å². The lowest BCUT2D eigenvalue weighted by Gasteiger charge is -2.18. The van der Waals surface area contributed by atoms with Gasteiger partial charge in [0.1, 0.15) is 11.9 Å². The zero-order valence-electron chi connectivity index (χ0n) is 16.8. The molecule has 1 atom stereocenters. The Labute approximate surface area is 181 Å². The van der Waals surface area contributed by atoms with E-state index >= 15 is 0 Å². The van der Waals surface area contributed by atoms with Gasteiger partial charge in [0.25, 0.3) is 0 Å². The van der Waals surface area contributed by atoms with Crippen LogP contribution in [0.5, 0.6) is 5.75 Å². The van der Waals surface area contributed by atoms with Gasteiger partial charge in [0.05, 0.1) is 17.7 Å². The van der Waals surface area contributed by atoms with E-state index in [1.165, 1.54) is 0 Å². The summed E-state index contributed by atoms with van der Waals surface area (Å²) >= 11 is 5.99. The molecule has 5 heteroatoms. The number of rotatable bonds is 5. The van der Waals surface area contributed by atoms with Crippen molar-refractivity contribution < 1.29 is 9.53 Å². The van der Waals surface area contributed by atoms with Gasteiger partial charge in [0, 0.05) is 23.2 Å². The van der Waals surface area contributed by atoms with Crippen LogP contribution < -0.4 is 10.1 Å². The third-order valence-corrected chi connectivity index (χ3v) is 6.41. The first-order chi connectivity index (χ1) is 14.5. The van der Waals surface area contributed by atoms with E-state index < -0.39 is 5.41 Å². The first-order valence-electron chi connectivity index (χ1n) is 10.3. The number of carbonyl (C=O) groups is 1. The summed E-state index contributed by atoms with van der Waals surface area (Å²) in [6.07, 6.45) is 4.30. The number of halogens is 1. The van der Waals surface area contributed by atoms with Crippen molar-refractivity contribution in [3.05, 3.63) is 82.5 Å². The van der Waals surface area contributed by atoms with Gasteiger partial charge in [-0.2, -0.15) is 0 Å². The smallest absolute Gasteiger partial charge is 0.230 e. The second kappa shape index (κ2) is 7.44. The van der Waals surface area contributed by atoms with Crippen LogP contribution >= 0.6 is 11.6 Å². The third kappa shape index (κ3) is 3.46. The first kappa shape index (κ1) is 19.1. The van der Waals surface area contributed by atoms with E-state index in [0.29, 0.717) is 11.6 Å². The molecule has 1 unspecified atom stereocenters. The molecule has 1 aromatic heterocycles. The fourth-order valence-corrected chi connectivity index (χ4v) is 4.41. The van der Waals surface area contributed by atoms with E-state index in [2.05, 4.69) is 35.4 Å². The number of ether oxygens (including phenoxy) is 1. The number of carbonyl (C=O) groups excluding carboxylic acids is 1. The average molecular weight is 419 g/mol. The minimum absolute atomic E-state index is 0.0509. The second-order valence-electron chi connectivity index (χ2n) is 8.23. The molecule has 2 aromatic carbocycles. The summed E-state index contributed by atoms with van der Waals surface area (Å²) in [5.74, 6) is 0.972. The molecule has 0 bridgehead atoms. The molecule has 1 fully saturated rings. The number of pyridine rings is 1. The number of aryl methyl sites for hydroxylation is 1. The Balaban J connectivity index is 1.24. The lowest BCUT2D eigenvalue weighted by atomic mass is 9.95. The summed E-state index contributed by atoms with van der Waals surface area (Å²) in [5.41, 5.74) is 5.04. The third-order valence-electron chi connectivity index (χ3n) is 6.16. The molecule has 3 aromatic rings. The zero-order valence-corrected chi connectivity index (χ0v) is 17.6.